The molecule has 31 heavy (non-hydrogen) atoms. The molecular formula is C27H27NO3. The Labute approximate surface area is 182 Å². The number of carbonyl (C=O) groups excluding carboxylic acids is 1. The largest absolute Gasteiger partial charge is 0.493 e. The molecule has 4 heteroatoms. The molecule has 0 bridgehead atoms. The first-order chi connectivity index (χ1) is 14.9. The maximum absolute atomic E-state index is 12.3. The third kappa shape index (κ3) is 3.81. The van der Waals surface area contributed by atoms with Crippen molar-refractivity contribution in [3.63, 3.8) is 0 Å². The fraction of sp³-hybridized carbons (Fsp3) is 0.222. The van der Waals surface area contributed by atoms with Crippen molar-refractivity contribution >= 4 is 33.2 Å². The number of furan rings is 1. The van der Waals surface area contributed by atoms with Gasteiger partial charge in [0.05, 0.1) is 12.9 Å². The Morgan fingerprint density at radius 1 is 1.10 bits per heavy atom. The number of nitrogens with zero attached hydrogens (tertiary/aromatic N) is 1. The minimum absolute atomic E-state index is 0.0559. The summed E-state index contributed by atoms with van der Waals surface area (Å²) in [7, 11) is 3.50. The second kappa shape index (κ2) is 8.31. The van der Waals surface area contributed by atoms with Crippen LogP contribution in [0.2, 0.25) is 0 Å². The van der Waals surface area contributed by atoms with Gasteiger partial charge in [-0.05, 0) is 54.8 Å². The van der Waals surface area contributed by atoms with Crippen LogP contribution in [0.5, 0.6) is 5.75 Å². The minimum atomic E-state index is -0.0559. The molecule has 158 valence electrons. The topological polar surface area (TPSA) is 42.7 Å². The van der Waals surface area contributed by atoms with Crippen LogP contribution < -0.4 is 4.74 Å². The average Bonchev–Trinajstić information content (AvgIpc) is 3.19. The molecule has 0 fully saturated rings. The Kier molecular flexibility index (Phi) is 5.55. The lowest BCUT2D eigenvalue weighted by atomic mass is 9.95. The van der Waals surface area contributed by atoms with E-state index in [-0.39, 0.29) is 5.91 Å². The summed E-state index contributed by atoms with van der Waals surface area (Å²) in [6.07, 6.45) is 3.46. The predicted molar refractivity (Wildman–Crippen MR) is 127 cm³/mol. The maximum atomic E-state index is 12.3. The summed E-state index contributed by atoms with van der Waals surface area (Å²) in [6.45, 7) is 6.44. The number of carbonyl (C=O) groups is 1. The lowest BCUT2D eigenvalue weighted by Crippen LogP contribution is -2.19. The van der Waals surface area contributed by atoms with Gasteiger partial charge in [-0.3, -0.25) is 4.79 Å². The molecule has 0 aliphatic heterocycles. The van der Waals surface area contributed by atoms with Crippen LogP contribution in [0.25, 0.3) is 38.4 Å². The Balaban J connectivity index is 1.93. The van der Waals surface area contributed by atoms with Crippen LogP contribution in [0.3, 0.4) is 0 Å². The molecule has 4 nitrogen and oxygen atoms in total. The Morgan fingerprint density at radius 2 is 1.84 bits per heavy atom. The molecule has 0 saturated heterocycles. The van der Waals surface area contributed by atoms with Crippen molar-refractivity contribution in [2.45, 2.75) is 20.8 Å². The van der Waals surface area contributed by atoms with E-state index in [9.17, 15) is 4.79 Å². The maximum Gasteiger partial charge on any atom is 0.246 e. The van der Waals surface area contributed by atoms with Crippen LogP contribution in [0, 0.1) is 6.92 Å². The summed E-state index contributed by atoms with van der Waals surface area (Å²) in [5.41, 5.74) is 5.63. The molecule has 4 rings (SSSR count). The van der Waals surface area contributed by atoms with Gasteiger partial charge < -0.3 is 14.1 Å². The fourth-order valence-corrected chi connectivity index (χ4v) is 3.91. The van der Waals surface area contributed by atoms with Gasteiger partial charge >= 0.3 is 0 Å². The number of likely N-dealkylation sites (N-methyl/N-ethyl adjacent to an activating group) is 1. The van der Waals surface area contributed by atoms with Crippen LogP contribution in [0.4, 0.5) is 0 Å². The van der Waals surface area contributed by atoms with Gasteiger partial charge in [0.25, 0.3) is 0 Å². The van der Waals surface area contributed by atoms with Crippen LogP contribution >= 0.6 is 0 Å². The minimum Gasteiger partial charge on any atom is -0.493 e. The summed E-state index contributed by atoms with van der Waals surface area (Å²) in [4.78, 5) is 13.9. The normalized spacial score (nSPS) is 11.8. The SMILES string of the molecule is CCOc1c(/C(C)=C/C(=O)N(C)C)cc2c(-c3ccc4ccccc4c3)coc2c1C. The first kappa shape index (κ1) is 20.7. The highest BCUT2D eigenvalue weighted by atomic mass is 16.5. The van der Waals surface area contributed by atoms with Crippen LogP contribution in [0.1, 0.15) is 25.0 Å². The molecule has 0 atom stereocenters. The van der Waals surface area contributed by atoms with Gasteiger partial charge in [-0.2, -0.15) is 0 Å². The molecule has 0 N–H and O–H groups in total. The second-order valence-electron chi connectivity index (χ2n) is 7.96. The average molecular weight is 414 g/mol. The molecule has 0 saturated carbocycles. The first-order valence-corrected chi connectivity index (χ1v) is 10.5. The van der Waals surface area contributed by atoms with E-state index < -0.39 is 0 Å². The highest BCUT2D eigenvalue weighted by Gasteiger charge is 2.19. The molecule has 0 aliphatic carbocycles. The van der Waals surface area contributed by atoms with E-state index >= 15 is 0 Å². The summed E-state index contributed by atoms with van der Waals surface area (Å²) in [5.74, 6) is 0.703. The van der Waals surface area contributed by atoms with Crippen LogP contribution in [0.15, 0.2) is 65.3 Å². The van der Waals surface area contributed by atoms with Gasteiger partial charge in [-0.1, -0.05) is 36.4 Å². The molecule has 0 spiro atoms. The van der Waals surface area contributed by atoms with E-state index in [1.165, 1.54) is 10.8 Å². The second-order valence-corrected chi connectivity index (χ2v) is 7.96. The standard InChI is InChI=1S/C27H27NO3/c1-6-30-26-18(3)27-23(15-22(26)17(2)13-25(29)28(4)5)24(16-31-27)21-12-11-19-9-7-8-10-20(19)14-21/h7-16H,6H2,1-5H3/b17-13+. The fourth-order valence-electron chi connectivity index (χ4n) is 3.91. The van der Waals surface area contributed by atoms with E-state index in [1.54, 1.807) is 25.1 Å². The zero-order valence-corrected chi connectivity index (χ0v) is 18.7. The van der Waals surface area contributed by atoms with Gasteiger partial charge in [0.15, 0.2) is 0 Å². The van der Waals surface area contributed by atoms with Crippen molar-refractivity contribution in [3.8, 4) is 16.9 Å². The number of hydrogen-bond acceptors (Lipinski definition) is 3. The van der Waals surface area contributed by atoms with Crippen molar-refractivity contribution in [2.75, 3.05) is 20.7 Å². The van der Waals surface area contributed by atoms with Crippen LogP contribution in [-0.2, 0) is 4.79 Å². The van der Waals surface area contributed by atoms with Crippen molar-refractivity contribution in [1.29, 1.82) is 0 Å². The number of allylic oxidation sites excluding steroid dienone is 1. The third-order valence-electron chi connectivity index (χ3n) is 5.60. The van der Waals surface area contributed by atoms with Gasteiger partial charge in [-0.15, -0.1) is 0 Å². The summed E-state index contributed by atoms with van der Waals surface area (Å²) >= 11 is 0. The van der Waals surface area contributed by atoms with E-state index in [2.05, 4.69) is 36.4 Å². The number of aryl methyl sites for hydroxylation is 1. The van der Waals surface area contributed by atoms with E-state index in [0.717, 1.165) is 44.5 Å². The van der Waals surface area contributed by atoms with Crippen molar-refractivity contribution in [2.24, 2.45) is 0 Å². The lowest BCUT2D eigenvalue weighted by molar-refractivity contribution is -0.123. The smallest absolute Gasteiger partial charge is 0.246 e. The van der Waals surface area contributed by atoms with E-state index in [1.807, 2.05) is 39.2 Å². The molecule has 0 aliphatic rings. The summed E-state index contributed by atoms with van der Waals surface area (Å²) in [5, 5.41) is 3.40. The highest BCUT2D eigenvalue weighted by molar-refractivity contribution is 6.02. The number of hydrogen-bond donors (Lipinski definition) is 0. The van der Waals surface area contributed by atoms with Crippen molar-refractivity contribution in [3.05, 3.63) is 72.0 Å². The molecule has 1 amide bonds. The zero-order valence-electron chi connectivity index (χ0n) is 18.7. The van der Waals surface area contributed by atoms with Gasteiger partial charge in [0.2, 0.25) is 5.91 Å². The predicted octanol–water partition coefficient (Wildman–Crippen LogP) is 6.45. The molecule has 0 radical (unpaired) electrons. The van der Waals surface area contributed by atoms with Crippen molar-refractivity contribution in [1.82, 2.24) is 4.90 Å². The highest BCUT2D eigenvalue weighted by Crippen LogP contribution is 2.41. The monoisotopic (exact) mass is 413 g/mol. The Bertz CT molecular complexity index is 1310. The number of amides is 1. The van der Waals surface area contributed by atoms with E-state index in [4.69, 9.17) is 9.15 Å². The first-order valence-electron chi connectivity index (χ1n) is 10.5. The summed E-state index contributed by atoms with van der Waals surface area (Å²) in [6, 6.07) is 16.8. The number of fused-ring (bicyclic) bond motifs is 2. The number of rotatable bonds is 5. The van der Waals surface area contributed by atoms with Gasteiger partial charge in [-0.25, -0.2) is 0 Å². The van der Waals surface area contributed by atoms with Gasteiger partial charge in [0, 0.05) is 42.2 Å². The Morgan fingerprint density at radius 3 is 2.55 bits per heavy atom. The number of benzene rings is 3. The number of ether oxygens (including phenoxy) is 1. The molecule has 3 aromatic carbocycles. The molecule has 1 aromatic heterocycles. The molecule has 1 heterocycles. The summed E-state index contributed by atoms with van der Waals surface area (Å²) < 4.78 is 12.0. The van der Waals surface area contributed by atoms with Gasteiger partial charge in [0.1, 0.15) is 11.3 Å². The van der Waals surface area contributed by atoms with Crippen LogP contribution in [-0.4, -0.2) is 31.5 Å². The zero-order chi connectivity index (χ0) is 22.1. The van der Waals surface area contributed by atoms with E-state index in [0.29, 0.717) is 6.61 Å². The third-order valence-corrected chi connectivity index (χ3v) is 5.60. The molecular weight excluding hydrogens is 386 g/mol. The van der Waals surface area contributed by atoms with Crippen molar-refractivity contribution < 1.29 is 13.9 Å². The molecule has 0 unspecified atom stereocenters. The molecule has 4 aromatic rings. The quantitative estimate of drug-likeness (QED) is 0.353. The lowest BCUT2D eigenvalue weighted by Gasteiger charge is -2.15. The Hall–Kier alpha value is -3.53.